The van der Waals surface area contributed by atoms with Crippen molar-refractivity contribution >= 4 is 11.6 Å². The second kappa shape index (κ2) is 5.92. The molecule has 1 aromatic heterocycles. The van der Waals surface area contributed by atoms with Crippen LogP contribution in [0.2, 0.25) is 0 Å². The Balaban J connectivity index is 1.63. The Morgan fingerprint density at radius 1 is 0.750 bits per heavy atom. The normalized spacial score (nSPS) is 16.6. The second-order valence-electron chi connectivity index (χ2n) is 6.94. The van der Waals surface area contributed by atoms with Gasteiger partial charge in [0.05, 0.1) is 18.0 Å². The number of ether oxygens (including phenoxy) is 2. The molecule has 1 unspecified atom stereocenters. The summed E-state index contributed by atoms with van der Waals surface area (Å²) < 4.78 is 17.0. The van der Waals surface area contributed by atoms with Gasteiger partial charge >= 0.3 is 0 Å². The van der Waals surface area contributed by atoms with Crippen LogP contribution in [0.25, 0.3) is 11.1 Å². The van der Waals surface area contributed by atoms with E-state index in [0.717, 1.165) is 28.6 Å². The fourth-order valence-corrected chi connectivity index (χ4v) is 4.24. The molecule has 0 N–H and O–H groups in total. The summed E-state index contributed by atoms with van der Waals surface area (Å²) in [5.41, 5.74) is 5.92. The molecule has 6 rings (SSSR count). The maximum Gasteiger partial charge on any atom is 0.231 e. The molecule has 0 saturated carbocycles. The zero-order valence-corrected chi connectivity index (χ0v) is 15.0. The third-order valence-electron chi connectivity index (χ3n) is 5.42. The minimum atomic E-state index is -0.0354. The van der Waals surface area contributed by atoms with Crippen LogP contribution in [0.3, 0.4) is 0 Å². The van der Waals surface area contributed by atoms with Crippen molar-refractivity contribution in [1.82, 2.24) is 0 Å². The van der Waals surface area contributed by atoms with E-state index in [4.69, 9.17) is 13.9 Å². The third-order valence-corrected chi connectivity index (χ3v) is 5.42. The molecule has 4 heteroatoms. The molecule has 4 nitrogen and oxygen atoms in total. The first-order valence-electron chi connectivity index (χ1n) is 9.31. The van der Waals surface area contributed by atoms with Gasteiger partial charge in [0.1, 0.15) is 0 Å². The molecule has 0 fully saturated rings. The van der Waals surface area contributed by atoms with Gasteiger partial charge in [0.2, 0.25) is 6.79 Å². The smallest absolute Gasteiger partial charge is 0.231 e. The topological polar surface area (TPSA) is 34.8 Å². The van der Waals surface area contributed by atoms with E-state index in [1.807, 2.05) is 18.2 Å². The Morgan fingerprint density at radius 3 is 2.46 bits per heavy atom. The number of hydrogen-bond acceptors (Lipinski definition) is 4. The van der Waals surface area contributed by atoms with Crippen molar-refractivity contribution in [3.63, 3.8) is 0 Å². The predicted molar refractivity (Wildman–Crippen MR) is 107 cm³/mol. The summed E-state index contributed by atoms with van der Waals surface area (Å²) in [7, 11) is 0. The number of nitrogens with zero attached hydrogens (tertiary/aromatic N) is 1. The van der Waals surface area contributed by atoms with Crippen molar-refractivity contribution in [3.8, 4) is 22.6 Å². The molecule has 0 aliphatic carbocycles. The molecular formula is C24H17NO3. The van der Waals surface area contributed by atoms with Crippen LogP contribution in [0.15, 0.2) is 89.5 Å². The average Bonchev–Trinajstić information content (AvgIpc) is 3.44. The lowest BCUT2D eigenvalue weighted by Crippen LogP contribution is -2.28. The number of fused-ring (bicyclic) bond motifs is 4. The first-order valence-corrected chi connectivity index (χ1v) is 9.31. The Morgan fingerprint density at radius 2 is 1.57 bits per heavy atom. The van der Waals surface area contributed by atoms with Gasteiger partial charge in [-0.15, -0.1) is 0 Å². The maximum absolute atomic E-state index is 5.86. The van der Waals surface area contributed by atoms with Gasteiger partial charge in [-0.25, -0.2) is 0 Å². The summed E-state index contributed by atoms with van der Waals surface area (Å²) in [6.07, 6.45) is 1.72. The highest BCUT2D eigenvalue weighted by atomic mass is 16.7. The first-order chi connectivity index (χ1) is 13.9. The molecular weight excluding hydrogens is 350 g/mol. The van der Waals surface area contributed by atoms with E-state index in [-0.39, 0.29) is 12.8 Å². The van der Waals surface area contributed by atoms with Crippen LogP contribution in [0.1, 0.15) is 17.2 Å². The number of hydrogen-bond donors (Lipinski definition) is 0. The highest BCUT2D eigenvalue weighted by molar-refractivity contribution is 5.88. The van der Waals surface area contributed by atoms with Gasteiger partial charge in [-0.1, -0.05) is 48.5 Å². The Hall–Kier alpha value is -3.66. The Kier molecular flexibility index (Phi) is 3.26. The summed E-state index contributed by atoms with van der Waals surface area (Å²) in [4.78, 5) is 2.26. The van der Waals surface area contributed by atoms with Crippen LogP contribution in [0.5, 0.6) is 11.5 Å². The van der Waals surface area contributed by atoms with Gasteiger partial charge in [-0.2, -0.15) is 0 Å². The molecule has 136 valence electrons. The number of rotatable bonds is 2. The van der Waals surface area contributed by atoms with Gasteiger partial charge in [-0.3, -0.25) is 0 Å². The molecule has 3 heterocycles. The van der Waals surface area contributed by atoms with Crippen molar-refractivity contribution in [1.29, 1.82) is 0 Å². The third kappa shape index (κ3) is 2.18. The summed E-state index contributed by atoms with van der Waals surface area (Å²) in [6.45, 7) is 0.269. The summed E-state index contributed by atoms with van der Waals surface area (Å²) in [5.74, 6) is 2.38. The fraction of sp³-hybridized carbons (Fsp3) is 0.0833. The predicted octanol–water partition coefficient (Wildman–Crippen LogP) is 5.92. The van der Waals surface area contributed by atoms with E-state index in [1.54, 1.807) is 6.26 Å². The van der Waals surface area contributed by atoms with Gasteiger partial charge in [0.25, 0.3) is 0 Å². The lowest BCUT2D eigenvalue weighted by atomic mass is 9.85. The summed E-state index contributed by atoms with van der Waals surface area (Å²) >= 11 is 0. The zero-order chi connectivity index (χ0) is 18.5. The number of furan rings is 1. The quantitative estimate of drug-likeness (QED) is 0.441. The van der Waals surface area contributed by atoms with E-state index < -0.39 is 0 Å². The van der Waals surface area contributed by atoms with Gasteiger partial charge < -0.3 is 18.8 Å². The highest BCUT2D eigenvalue weighted by Crippen LogP contribution is 2.51. The minimum absolute atomic E-state index is 0.0354. The summed E-state index contributed by atoms with van der Waals surface area (Å²) in [5, 5.41) is 0. The minimum Gasteiger partial charge on any atom is -0.454 e. The van der Waals surface area contributed by atoms with Crippen molar-refractivity contribution in [2.24, 2.45) is 0 Å². The van der Waals surface area contributed by atoms with E-state index in [0.29, 0.717) is 0 Å². The Bertz CT molecular complexity index is 1170. The van der Waals surface area contributed by atoms with Crippen LogP contribution < -0.4 is 14.4 Å². The van der Waals surface area contributed by atoms with E-state index in [9.17, 15) is 0 Å². The van der Waals surface area contributed by atoms with E-state index in [2.05, 4.69) is 65.6 Å². The van der Waals surface area contributed by atoms with Gasteiger partial charge in [-0.05, 0) is 41.0 Å². The standard InChI is InChI=1S/C24H17NO3/c1-2-8-19-17(6-1)18-7-3-4-9-20(18)25(23-10-5-13-26-23)24(19)16-11-12-21-22(14-16)28-15-27-21/h1-14,24H,15H2. The molecule has 4 aromatic rings. The molecule has 28 heavy (non-hydrogen) atoms. The number of para-hydroxylation sites is 1. The molecule has 2 aliphatic heterocycles. The average molecular weight is 367 g/mol. The van der Waals surface area contributed by atoms with E-state index in [1.165, 1.54) is 16.7 Å². The summed E-state index contributed by atoms with van der Waals surface area (Å²) in [6, 6.07) is 27.1. The Labute approximate surface area is 162 Å². The van der Waals surface area contributed by atoms with Crippen molar-refractivity contribution in [2.45, 2.75) is 6.04 Å². The SMILES string of the molecule is c1coc(N2c3ccccc3-c3ccccc3C2c2ccc3c(c2)OCO3)c1. The highest BCUT2D eigenvalue weighted by Gasteiger charge is 2.34. The van der Waals surface area contributed by atoms with Crippen LogP contribution in [-0.4, -0.2) is 6.79 Å². The first kappa shape index (κ1) is 15.4. The fourth-order valence-electron chi connectivity index (χ4n) is 4.24. The molecule has 0 bridgehead atoms. The van der Waals surface area contributed by atoms with Crippen LogP contribution >= 0.6 is 0 Å². The molecule has 2 aliphatic rings. The van der Waals surface area contributed by atoms with Gasteiger partial charge in [0, 0.05) is 11.6 Å². The van der Waals surface area contributed by atoms with Crippen molar-refractivity contribution < 1.29 is 13.9 Å². The lowest BCUT2D eigenvalue weighted by molar-refractivity contribution is 0.174. The largest absolute Gasteiger partial charge is 0.454 e. The molecule has 0 saturated heterocycles. The molecule has 1 atom stereocenters. The van der Waals surface area contributed by atoms with Crippen LogP contribution in [-0.2, 0) is 0 Å². The van der Waals surface area contributed by atoms with Gasteiger partial charge in [0.15, 0.2) is 17.4 Å². The van der Waals surface area contributed by atoms with Crippen LogP contribution in [0.4, 0.5) is 11.6 Å². The number of anilines is 2. The number of benzene rings is 3. The van der Waals surface area contributed by atoms with Crippen molar-refractivity contribution in [3.05, 3.63) is 96.3 Å². The second-order valence-corrected chi connectivity index (χ2v) is 6.94. The molecule has 0 radical (unpaired) electrons. The zero-order valence-electron chi connectivity index (χ0n) is 15.0. The van der Waals surface area contributed by atoms with E-state index >= 15 is 0 Å². The van der Waals surface area contributed by atoms with Crippen LogP contribution in [0, 0.1) is 0 Å². The van der Waals surface area contributed by atoms with Crippen molar-refractivity contribution in [2.75, 3.05) is 11.7 Å². The lowest BCUT2D eigenvalue weighted by Gasteiger charge is -2.39. The molecule has 0 amide bonds. The molecule has 0 spiro atoms. The maximum atomic E-state index is 5.86. The molecule has 3 aromatic carbocycles. The monoisotopic (exact) mass is 367 g/mol.